The number of allylic oxidation sites excluding steroid dienone is 3. The van der Waals surface area contributed by atoms with Crippen molar-refractivity contribution < 1.29 is 9.59 Å². The standard InChI is InChI=1S/C12H10N6O2S/c1-17-6-9(14-16-17)10(19)15-18-11(20)7-4-2-3-5-8(7)13-12(18)21/h2-7H,1H3,(H,15,19). The minimum absolute atomic E-state index is 0.0107. The number of amides is 2. The summed E-state index contributed by atoms with van der Waals surface area (Å²) in [5.41, 5.74) is 3.06. The quantitative estimate of drug-likeness (QED) is 0.762. The van der Waals surface area contributed by atoms with Crippen LogP contribution in [0.3, 0.4) is 0 Å². The monoisotopic (exact) mass is 302 g/mol. The van der Waals surface area contributed by atoms with Crippen LogP contribution in [-0.4, -0.2) is 42.6 Å². The highest BCUT2D eigenvalue weighted by molar-refractivity contribution is 7.80. The number of aromatic nitrogens is 3. The number of carbonyl (C=O) groups excluding carboxylic acids is 2. The van der Waals surface area contributed by atoms with E-state index in [0.717, 1.165) is 5.01 Å². The van der Waals surface area contributed by atoms with Gasteiger partial charge in [-0.2, -0.15) is 5.01 Å². The van der Waals surface area contributed by atoms with Crippen LogP contribution >= 0.6 is 12.2 Å². The SMILES string of the molecule is Cn1cc(C(=O)NN2C(=O)C3C=CC=CC3=NC2=S)nn1. The Kier molecular flexibility index (Phi) is 3.18. The van der Waals surface area contributed by atoms with Gasteiger partial charge in [-0.15, -0.1) is 5.10 Å². The molecule has 106 valence electrons. The summed E-state index contributed by atoms with van der Waals surface area (Å²) in [6.45, 7) is 0. The van der Waals surface area contributed by atoms with Crippen molar-refractivity contribution >= 4 is 34.9 Å². The molecule has 1 aliphatic carbocycles. The van der Waals surface area contributed by atoms with Gasteiger partial charge < -0.3 is 0 Å². The van der Waals surface area contributed by atoms with Gasteiger partial charge in [-0.05, 0) is 18.3 Å². The lowest BCUT2D eigenvalue weighted by atomic mass is 9.96. The van der Waals surface area contributed by atoms with Crippen LogP contribution in [0, 0.1) is 5.92 Å². The van der Waals surface area contributed by atoms with Gasteiger partial charge in [0.15, 0.2) is 5.69 Å². The Morgan fingerprint density at radius 3 is 2.95 bits per heavy atom. The average Bonchev–Trinajstić information content (AvgIpc) is 2.90. The molecule has 2 amide bonds. The highest BCUT2D eigenvalue weighted by atomic mass is 32.1. The summed E-state index contributed by atoms with van der Waals surface area (Å²) in [6, 6.07) is 0. The summed E-state index contributed by atoms with van der Waals surface area (Å²) < 4.78 is 1.39. The molecule has 21 heavy (non-hydrogen) atoms. The number of aliphatic imine (C=N–C) groups is 1. The second-order valence-electron chi connectivity index (χ2n) is 4.43. The average molecular weight is 302 g/mol. The molecule has 1 aromatic heterocycles. The number of hydrogen-bond acceptors (Lipinski definition) is 5. The van der Waals surface area contributed by atoms with Crippen molar-refractivity contribution in [1.29, 1.82) is 0 Å². The third kappa shape index (κ3) is 2.38. The van der Waals surface area contributed by atoms with E-state index in [1.165, 1.54) is 10.9 Å². The Morgan fingerprint density at radius 1 is 1.43 bits per heavy atom. The van der Waals surface area contributed by atoms with Crippen LogP contribution in [0.4, 0.5) is 0 Å². The first-order valence-corrected chi connectivity index (χ1v) is 6.46. The molecular weight excluding hydrogens is 292 g/mol. The lowest BCUT2D eigenvalue weighted by Crippen LogP contribution is -2.54. The van der Waals surface area contributed by atoms with E-state index in [-0.39, 0.29) is 16.7 Å². The van der Waals surface area contributed by atoms with Gasteiger partial charge >= 0.3 is 0 Å². The topological polar surface area (TPSA) is 92.5 Å². The maximum absolute atomic E-state index is 12.4. The zero-order valence-electron chi connectivity index (χ0n) is 10.9. The van der Waals surface area contributed by atoms with Gasteiger partial charge in [-0.1, -0.05) is 23.4 Å². The number of fused-ring (bicyclic) bond motifs is 1. The minimum atomic E-state index is -0.576. The van der Waals surface area contributed by atoms with Gasteiger partial charge in [0, 0.05) is 7.05 Å². The van der Waals surface area contributed by atoms with Crippen LogP contribution < -0.4 is 5.43 Å². The van der Waals surface area contributed by atoms with Gasteiger partial charge in [0.2, 0.25) is 5.11 Å². The summed E-state index contributed by atoms with van der Waals surface area (Å²) in [5.74, 6) is -1.47. The summed E-state index contributed by atoms with van der Waals surface area (Å²) in [4.78, 5) is 28.5. The van der Waals surface area contributed by atoms with E-state index in [1.54, 1.807) is 31.4 Å². The van der Waals surface area contributed by atoms with E-state index in [4.69, 9.17) is 12.2 Å². The van der Waals surface area contributed by atoms with Gasteiger partial charge in [0.25, 0.3) is 11.8 Å². The van der Waals surface area contributed by atoms with Crippen molar-refractivity contribution in [3.63, 3.8) is 0 Å². The third-order valence-electron chi connectivity index (χ3n) is 2.95. The summed E-state index contributed by atoms with van der Waals surface area (Å²) in [6.07, 6.45) is 8.38. The molecule has 8 nitrogen and oxygen atoms in total. The molecule has 1 aromatic rings. The minimum Gasteiger partial charge on any atom is -0.271 e. The fraction of sp³-hybridized carbons (Fsp3) is 0.167. The number of hydrazine groups is 1. The highest BCUT2D eigenvalue weighted by Gasteiger charge is 2.35. The van der Waals surface area contributed by atoms with Crippen LogP contribution in [0.1, 0.15) is 10.5 Å². The van der Waals surface area contributed by atoms with Gasteiger partial charge in [-0.25, -0.2) is 4.99 Å². The molecule has 1 N–H and O–H groups in total. The maximum atomic E-state index is 12.4. The maximum Gasteiger partial charge on any atom is 0.292 e. The molecule has 1 atom stereocenters. The third-order valence-corrected chi connectivity index (χ3v) is 3.23. The predicted molar refractivity (Wildman–Crippen MR) is 77.1 cm³/mol. The number of carbonyl (C=O) groups is 2. The first-order valence-electron chi connectivity index (χ1n) is 6.05. The Morgan fingerprint density at radius 2 is 2.24 bits per heavy atom. The van der Waals surface area contributed by atoms with Crippen molar-refractivity contribution in [2.75, 3.05) is 0 Å². The van der Waals surface area contributed by atoms with Gasteiger partial charge in [0.1, 0.15) is 5.92 Å². The van der Waals surface area contributed by atoms with Crippen molar-refractivity contribution in [1.82, 2.24) is 25.4 Å². The molecule has 1 aliphatic heterocycles. The highest BCUT2D eigenvalue weighted by Crippen LogP contribution is 2.18. The Bertz CT molecular complexity index is 732. The lowest BCUT2D eigenvalue weighted by Gasteiger charge is -2.29. The molecule has 9 heteroatoms. The van der Waals surface area contributed by atoms with Gasteiger partial charge in [0.05, 0.1) is 11.9 Å². The molecular formula is C12H10N6O2S. The number of nitrogens with zero attached hydrogens (tertiary/aromatic N) is 5. The van der Waals surface area contributed by atoms with Crippen molar-refractivity contribution in [2.45, 2.75) is 0 Å². The smallest absolute Gasteiger partial charge is 0.271 e. The Labute approximate surface area is 124 Å². The second kappa shape index (κ2) is 5.02. The fourth-order valence-electron chi connectivity index (χ4n) is 1.95. The largest absolute Gasteiger partial charge is 0.292 e. The molecule has 3 rings (SSSR count). The van der Waals surface area contributed by atoms with Crippen molar-refractivity contribution in [3.05, 3.63) is 36.2 Å². The zero-order valence-corrected chi connectivity index (χ0v) is 11.7. The number of rotatable bonds is 2. The van der Waals surface area contributed by atoms with Crippen LogP contribution in [0.5, 0.6) is 0 Å². The molecule has 0 saturated carbocycles. The van der Waals surface area contributed by atoms with Crippen LogP contribution in [0.15, 0.2) is 35.5 Å². The van der Waals surface area contributed by atoms with Crippen molar-refractivity contribution in [2.24, 2.45) is 18.0 Å². The van der Waals surface area contributed by atoms with E-state index in [1.807, 2.05) is 0 Å². The molecule has 0 spiro atoms. The predicted octanol–water partition coefficient (Wildman–Crippen LogP) is -0.230. The van der Waals surface area contributed by atoms with Crippen LogP contribution in [-0.2, 0) is 11.8 Å². The molecule has 0 radical (unpaired) electrons. The summed E-state index contributed by atoms with van der Waals surface area (Å²) in [5, 5.41) is 8.28. The molecule has 0 aromatic carbocycles. The molecule has 0 bridgehead atoms. The Hall–Kier alpha value is -2.68. The van der Waals surface area contributed by atoms with E-state index >= 15 is 0 Å². The fourth-order valence-corrected chi connectivity index (χ4v) is 2.20. The molecule has 0 fully saturated rings. The molecule has 0 saturated heterocycles. The second-order valence-corrected chi connectivity index (χ2v) is 4.80. The van der Waals surface area contributed by atoms with E-state index < -0.39 is 11.8 Å². The lowest BCUT2D eigenvalue weighted by molar-refractivity contribution is -0.130. The van der Waals surface area contributed by atoms with E-state index in [9.17, 15) is 9.59 Å². The molecule has 2 heterocycles. The summed E-state index contributed by atoms with van der Waals surface area (Å²) >= 11 is 5.05. The van der Waals surface area contributed by atoms with Gasteiger partial charge in [-0.3, -0.25) is 19.7 Å². The first-order chi connectivity index (χ1) is 10.1. The van der Waals surface area contributed by atoms with Crippen molar-refractivity contribution in [3.8, 4) is 0 Å². The number of hydrogen-bond donors (Lipinski definition) is 1. The van der Waals surface area contributed by atoms with E-state index in [0.29, 0.717) is 5.71 Å². The number of aryl methyl sites for hydroxylation is 1. The number of thiocarbonyl (C=S) groups is 1. The normalized spacial score (nSPS) is 20.3. The molecule has 2 aliphatic rings. The van der Waals surface area contributed by atoms with Crippen LogP contribution in [0.2, 0.25) is 0 Å². The number of nitrogens with one attached hydrogen (secondary N) is 1. The Balaban J connectivity index is 1.83. The van der Waals surface area contributed by atoms with E-state index in [2.05, 4.69) is 20.7 Å². The first kappa shape index (κ1) is 13.3. The zero-order chi connectivity index (χ0) is 15.0. The molecule has 1 unspecified atom stereocenters. The van der Waals surface area contributed by atoms with Crippen LogP contribution in [0.25, 0.3) is 0 Å². The summed E-state index contributed by atoms with van der Waals surface area (Å²) in [7, 11) is 1.64.